The number of carbonyl (C=O) groups is 2. The van der Waals surface area contributed by atoms with Crippen molar-refractivity contribution in [2.24, 2.45) is 17.5 Å². The molecule has 1 aliphatic carbocycles. The molecule has 8 nitrogen and oxygen atoms in total. The van der Waals surface area contributed by atoms with Gasteiger partial charge in [-0.1, -0.05) is 35.9 Å². The number of anilines is 2. The van der Waals surface area contributed by atoms with Gasteiger partial charge in [0.1, 0.15) is 11.5 Å². The molecule has 1 N–H and O–H groups in total. The van der Waals surface area contributed by atoms with Crippen LogP contribution in [0.5, 0.6) is 0 Å². The summed E-state index contributed by atoms with van der Waals surface area (Å²) in [5, 5.41) is 6.80. The van der Waals surface area contributed by atoms with E-state index in [1.165, 1.54) is 17.0 Å². The molecule has 0 unspecified atom stereocenters. The average Bonchev–Trinajstić information content (AvgIpc) is 3.55. The van der Waals surface area contributed by atoms with Crippen LogP contribution in [0, 0.1) is 5.41 Å². The molecule has 10 heteroatoms. The van der Waals surface area contributed by atoms with Crippen molar-refractivity contribution < 1.29 is 18.4 Å². The van der Waals surface area contributed by atoms with Gasteiger partial charge in [0.05, 0.1) is 24.6 Å². The number of alkyl halides is 2. The first kappa shape index (κ1) is 24.5. The number of aromatic nitrogens is 3. The van der Waals surface area contributed by atoms with Crippen molar-refractivity contribution in [1.82, 2.24) is 14.8 Å². The fourth-order valence-corrected chi connectivity index (χ4v) is 4.87. The minimum atomic E-state index is -2.87. The summed E-state index contributed by atoms with van der Waals surface area (Å²) in [6.07, 6.45) is 4.03. The monoisotopic (exact) mass is 504 g/mol. The number of carbonyl (C=O) groups excluding carboxylic acids is 2. The topological polar surface area (TPSA) is 92.5 Å². The molecule has 1 aliphatic heterocycles. The number of pyridine rings is 1. The first-order valence-corrected chi connectivity index (χ1v) is 11.9. The predicted octanol–water partition coefficient (Wildman–Crippen LogP) is 4.35. The van der Waals surface area contributed by atoms with E-state index in [0.717, 1.165) is 28.7 Å². The number of nitrogens with zero attached hydrogens (tertiary/aromatic N) is 5. The van der Waals surface area contributed by atoms with Gasteiger partial charge < -0.3 is 10.2 Å². The van der Waals surface area contributed by atoms with Gasteiger partial charge in [-0.3, -0.25) is 19.3 Å². The van der Waals surface area contributed by atoms with Crippen LogP contribution in [0.25, 0.3) is 11.1 Å². The molecule has 2 amide bonds. The van der Waals surface area contributed by atoms with E-state index in [1.807, 2.05) is 43.6 Å². The van der Waals surface area contributed by atoms with Crippen LogP contribution in [0.4, 0.5) is 20.3 Å². The van der Waals surface area contributed by atoms with Gasteiger partial charge in [0.15, 0.2) is 0 Å². The lowest BCUT2D eigenvalue weighted by molar-refractivity contribution is -0.123. The largest absolute Gasteiger partial charge is 0.311 e. The lowest BCUT2D eigenvalue weighted by Gasteiger charge is -2.24. The Morgan fingerprint density at radius 3 is 2.76 bits per heavy atom. The molecule has 1 saturated heterocycles. The van der Waals surface area contributed by atoms with Crippen molar-refractivity contribution in [2.45, 2.75) is 25.7 Å². The van der Waals surface area contributed by atoms with Crippen LogP contribution in [0.15, 0.2) is 65.4 Å². The van der Waals surface area contributed by atoms with Crippen molar-refractivity contribution in [1.29, 1.82) is 0 Å². The van der Waals surface area contributed by atoms with Crippen LogP contribution >= 0.6 is 0 Å². The molecule has 1 atom stereocenters. The normalized spacial score (nSPS) is 18.8. The number of halogens is 2. The van der Waals surface area contributed by atoms with Gasteiger partial charge in [0.2, 0.25) is 11.8 Å². The van der Waals surface area contributed by atoms with E-state index in [-0.39, 0.29) is 30.4 Å². The molecule has 2 aliphatic rings. The Hall–Kier alpha value is -4.21. The van der Waals surface area contributed by atoms with Gasteiger partial charge in [0, 0.05) is 37.1 Å². The number of allylic oxidation sites excluding steroid dienone is 1. The Kier molecular flexibility index (Phi) is 6.41. The van der Waals surface area contributed by atoms with Crippen molar-refractivity contribution in [3.8, 4) is 11.1 Å². The maximum absolute atomic E-state index is 13.7. The molecule has 0 spiro atoms. The zero-order valence-electron chi connectivity index (χ0n) is 20.3. The Labute approximate surface area is 212 Å². The average molecular weight is 505 g/mol. The number of nitrogens with one attached hydrogen (secondary N) is 1. The summed E-state index contributed by atoms with van der Waals surface area (Å²) in [6, 6.07) is 10.1. The number of benzene rings is 1. The molecule has 0 radical (unpaired) electrons. The molecular formula is C27H26F2N6O2. The van der Waals surface area contributed by atoms with Crippen LogP contribution in [0.1, 0.15) is 30.5 Å². The zero-order chi connectivity index (χ0) is 26.2. The third kappa shape index (κ3) is 4.91. The van der Waals surface area contributed by atoms with Gasteiger partial charge in [0.25, 0.3) is 6.43 Å². The molecule has 3 heterocycles. The lowest BCUT2D eigenvalue weighted by Crippen LogP contribution is -2.36. The summed E-state index contributed by atoms with van der Waals surface area (Å²) in [5.41, 5.74) is 2.59. The quantitative estimate of drug-likeness (QED) is 0.346. The van der Waals surface area contributed by atoms with Gasteiger partial charge in [-0.05, 0) is 36.8 Å². The van der Waals surface area contributed by atoms with Gasteiger partial charge >= 0.3 is 0 Å². The van der Waals surface area contributed by atoms with E-state index >= 15 is 0 Å². The summed E-state index contributed by atoms with van der Waals surface area (Å²) in [4.78, 5) is 35.6. The molecule has 5 rings (SSSR count). The van der Waals surface area contributed by atoms with Crippen molar-refractivity contribution in [3.63, 3.8) is 0 Å². The first-order chi connectivity index (χ1) is 17.8. The Bertz CT molecular complexity index is 1420. The molecule has 1 aromatic carbocycles. The molecule has 0 bridgehead atoms. The summed E-state index contributed by atoms with van der Waals surface area (Å²) in [7, 11) is 1.82. The Morgan fingerprint density at radius 1 is 1.27 bits per heavy atom. The minimum Gasteiger partial charge on any atom is -0.311 e. The van der Waals surface area contributed by atoms with E-state index < -0.39 is 23.4 Å². The molecule has 190 valence electrons. The Balaban J connectivity index is 1.36. The van der Waals surface area contributed by atoms with E-state index in [1.54, 1.807) is 10.9 Å². The standard InChI is InChI=1S/C27H26F2N6O2/c1-30-16-27(20-6-7-20)8-9-35(26(27)37)21-12-22(25(28)29)32-23(13-21)33-24(36)11-17-4-3-5-18(10-17)19-14-31-34(2)15-19/h3-6,10,12-15,25H,1,7-9,11,16H2,2H3,(H,32,33,36)/t27-/m1/s1. The van der Waals surface area contributed by atoms with Crippen molar-refractivity contribution in [2.75, 3.05) is 23.3 Å². The summed E-state index contributed by atoms with van der Waals surface area (Å²) >= 11 is 0. The molecular weight excluding hydrogens is 478 g/mol. The fourth-order valence-electron chi connectivity index (χ4n) is 4.87. The second-order valence-electron chi connectivity index (χ2n) is 9.37. The molecule has 1 fully saturated rings. The van der Waals surface area contributed by atoms with Crippen LogP contribution in [0.2, 0.25) is 0 Å². The second kappa shape index (κ2) is 9.68. The number of hydrogen-bond acceptors (Lipinski definition) is 5. The van der Waals surface area contributed by atoms with Crippen LogP contribution in [-0.2, 0) is 23.1 Å². The smallest absolute Gasteiger partial charge is 0.280 e. The minimum absolute atomic E-state index is 0.0228. The fraction of sp³-hybridized carbons (Fsp3) is 0.296. The zero-order valence-corrected chi connectivity index (χ0v) is 20.3. The molecule has 0 saturated carbocycles. The highest BCUT2D eigenvalue weighted by Crippen LogP contribution is 2.48. The van der Waals surface area contributed by atoms with Crippen LogP contribution in [-0.4, -0.2) is 46.4 Å². The number of aliphatic imine (C=N–C) groups is 1. The van der Waals surface area contributed by atoms with E-state index in [2.05, 4.69) is 27.1 Å². The highest BCUT2D eigenvalue weighted by atomic mass is 19.3. The van der Waals surface area contributed by atoms with Crippen LogP contribution in [0.3, 0.4) is 0 Å². The maximum atomic E-state index is 13.7. The third-order valence-corrected chi connectivity index (χ3v) is 6.78. The molecule has 3 aromatic rings. The van der Waals surface area contributed by atoms with E-state index in [4.69, 9.17) is 0 Å². The summed E-state index contributed by atoms with van der Waals surface area (Å²) in [6.45, 7) is 4.15. The number of amides is 2. The summed E-state index contributed by atoms with van der Waals surface area (Å²) in [5.74, 6) is -0.632. The Morgan fingerprint density at radius 2 is 2.08 bits per heavy atom. The summed E-state index contributed by atoms with van der Waals surface area (Å²) < 4.78 is 29.1. The molecule has 37 heavy (non-hydrogen) atoms. The van der Waals surface area contributed by atoms with E-state index in [0.29, 0.717) is 13.0 Å². The first-order valence-electron chi connectivity index (χ1n) is 11.9. The van der Waals surface area contributed by atoms with Gasteiger partial charge in [-0.25, -0.2) is 13.8 Å². The molecule has 2 aromatic heterocycles. The predicted molar refractivity (Wildman–Crippen MR) is 137 cm³/mol. The SMILES string of the molecule is C=NC[C@@]1(C2=CC2)CCN(c2cc(NC(=O)Cc3cccc(-c4cnn(C)c4)c3)nc(C(F)F)c2)C1=O. The highest BCUT2D eigenvalue weighted by molar-refractivity contribution is 6.03. The number of aryl methyl sites for hydroxylation is 1. The van der Waals surface area contributed by atoms with Crippen molar-refractivity contribution >= 4 is 30.0 Å². The van der Waals surface area contributed by atoms with E-state index in [9.17, 15) is 18.4 Å². The lowest BCUT2D eigenvalue weighted by atomic mass is 9.83. The van der Waals surface area contributed by atoms with Gasteiger partial charge in [-0.15, -0.1) is 0 Å². The number of rotatable bonds is 9. The van der Waals surface area contributed by atoms with Gasteiger partial charge in [-0.2, -0.15) is 5.10 Å². The third-order valence-electron chi connectivity index (χ3n) is 6.78. The number of hydrogen-bond donors (Lipinski definition) is 1. The maximum Gasteiger partial charge on any atom is 0.280 e. The highest BCUT2D eigenvalue weighted by Gasteiger charge is 2.51. The van der Waals surface area contributed by atoms with Crippen molar-refractivity contribution in [3.05, 3.63) is 71.7 Å². The van der Waals surface area contributed by atoms with Crippen LogP contribution < -0.4 is 10.2 Å². The second-order valence-corrected chi connectivity index (χ2v) is 9.37.